The van der Waals surface area contributed by atoms with E-state index in [2.05, 4.69) is 5.32 Å². The van der Waals surface area contributed by atoms with Crippen molar-refractivity contribution in [1.82, 2.24) is 5.32 Å². The standard InChI is InChI=1S/C21H22F3NO2/c1-2-7-18(16-10-6-11-17(14-16)21(22,23)24)25-20(27)13-12-19(26)15-8-4-3-5-9-15/h3-6,8-11,14,18H,2,7,12-13H2,1H3,(H,25,27)/t18-/m1/s1. The molecule has 1 N–H and O–H groups in total. The summed E-state index contributed by atoms with van der Waals surface area (Å²) in [5.41, 5.74) is 0.206. The summed E-state index contributed by atoms with van der Waals surface area (Å²) in [5, 5.41) is 2.76. The molecule has 0 aliphatic carbocycles. The number of hydrogen-bond acceptors (Lipinski definition) is 2. The molecule has 1 amide bonds. The number of carbonyl (C=O) groups is 2. The van der Waals surface area contributed by atoms with Gasteiger partial charge in [0, 0.05) is 18.4 Å². The Labute approximate surface area is 156 Å². The lowest BCUT2D eigenvalue weighted by molar-refractivity contribution is -0.137. The van der Waals surface area contributed by atoms with Crippen molar-refractivity contribution in [2.75, 3.05) is 0 Å². The first kappa shape index (κ1) is 20.7. The minimum absolute atomic E-state index is 0.00704. The highest BCUT2D eigenvalue weighted by Crippen LogP contribution is 2.31. The van der Waals surface area contributed by atoms with Gasteiger partial charge in [0.05, 0.1) is 11.6 Å². The van der Waals surface area contributed by atoms with Gasteiger partial charge < -0.3 is 5.32 Å². The Balaban J connectivity index is 2.01. The second kappa shape index (κ2) is 9.35. The summed E-state index contributed by atoms with van der Waals surface area (Å²) in [4.78, 5) is 24.3. The van der Waals surface area contributed by atoms with Gasteiger partial charge in [-0.15, -0.1) is 0 Å². The van der Waals surface area contributed by atoms with Crippen LogP contribution in [0.3, 0.4) is 0 Å². The minimum Gasteiger partial charge on any atom is -0.349 e. The number of ketones is 1. The molecule has 6 heteroatoms. The van der Waals surface area contributed by atoms with Crippen LogP contribution in [0.2, 0.25) is 0 Å². The maximum Gasteiger partial charge on any atom is 0.416 e. The zero-order valence-electron chi connectivity index (χ0n) is 15.1. The van der Waals surface area contributed by atoms with Gasteiger partial charge in [-0.1, -0.05) is 55.8 Å². The molecular weight excluding hydrogens is 355 g/mol. The number of rotatable bonds is 8. The Morgan fingerprint density at radius 3 is 2.33 bits per heavy atom. The molecule has 3 nitrogen and oxygen atoms in total. The Hall–Kier alpha value is -2.63. The van der Waals surface area contributed by atoms with Gasteiger partial charge in [-0.25, -0.2) is 0 Å². The van der Waals surface area contributed by atoms with Crippen LogP contribution in [0.4, 0.5) is 13.2 Å². The average molecular weight is 377 g/mol. The monoisotopic (exact) mass is 377 g/mol. The summed E-state index contributed by atoms with van der Waals surface area (Å²) >= 11 is 0. The van der Waals surface area contributed by atoms with Crippen LogP contribution in [0, 0.1) is 0 Å². The van der Waals surface area contributed by atoms with Gasteiger partial charge in [0.2, 0.25) is 5.91 Å². The lowest BCUT2D eigenvalue weighted by Gasteiger charge is -2.20. The fraction of sp³-hybridized carbons (Fsp3) is 0.333. The quantitative estimate of drug-likeness (QED) is 0.633. The third-order valence-corrected chi connectivity index (χ3v) is 4.20. The van der Waals surface area contributed by atoms with Crippen LogP contribution in [-0.2, 0) is 11.0 Å². The number of hydrogen-bond donors (Lipinski definition) is 1. The predicted molar refractivity (Wildman–Crippen MR) is 97.2 cm³/mol. The molecule has 0 aliphatic heterocycles. The molecule has 0 spiro atoms. The van der Waals surface area contributed by atoms with Crippen molar-refractivity contribution in [3.05, 3.63) is 71.3 Å². The van der Waals surface area contributed by atoms with Gasteiger partial charge in [-0.05, 0) is 24.1 Å². The van der Waals surface area contributed by atoms with Crippen LogP contribution in [0.1, 0.15) is 60.1 Å². The maximum atomic E-state index is 12.9. The molecule has 0 fully saturated rings. The van der Waals surface area contributed by atoms with Gasteiger partial charge >= 0.3 is 6.18 Å². The lowest BCUT2D eigenvalue weighted by Crippen LogP contribution is -2.29. The van der Waals surface area contributed by atoms with E-state index in [1.54, 1.807) is 36.4 Å². The van der Waals surface area contributed by atoms with Crippen molar-refractivity contribution >= 4 is 11.7 Å². The van der Waals surface area contributed by atoms with E-state index in [4.69, 9.17) is 0 Å². The Morgan fingerprint density at radius 2 is 1.70 bits per heavy atom. The van der Waals surface area contributed by atoms with E-state index in [1.807, 2.05) is 6.92 Å². The summed E-state index contributed by atoms with van der Waals surface area (Å²) in [7, 11) is 0. The summed E-state index contributed by atoms with van der Waals surface area (Å²) in [6.45, 7) is 1.89. The Bertz CT molecular complexity index is 772. The molecule has 0 unspecified atom stereocenters. The van der Waals surface area contributed by atoms with Crippen molar-refractivity contribution in [3.63, 3.8) is 0 Å². The summed E-state index contributed by atoms with van der Waals surface area (Å²) in [6.07, 6.45) is -3.17. The van der Waals surface area contributed by atoms with Crippen LogP contribution in [0.15, 0.2) is 54.6 Å². The number of nitrogens with one attached hydrogen (secondary N) is 1. The first-order chi connectivity index (χ1) is 12.8. The summed E-state index contributed by atoms with van der Waals surface area (Å²) in [6, 6.07) is 13.1. The van der Waals surface area contributed by atoms with Gasteiger partial charge in [0.1, 0.15) is 0 Å². The van der Waals surface area contributed by atoms with E-state index in [9.17, 15) is 22.8 Å². The lowest BCUT2D eigenvalue weighted by atomic mass is 9.99. The zero-order chi connectivity index (χ0) is 19.9. The highest BCUT2D eigenvalue weighted by molar-refractivity contribution is 5.97. The van der Waals surface area contributed by atoms with Crippen LogP contribution in [0.5, 0.6) is 0 Å². The minimum atomic E-state index is -4.43. The maximum absolute atomic E-state index is 12.9. The third kappa shape index (κ3) is 6.24. The number of carbonyl (C=O) groups excluding carboxylic acids is 2. The molecule has 144 valence electrons. The van der Waals surface area contributed by atoms with Crippen LogP contribution in [0.25, 0.3) is 0 Å². The number of Topliss-reactive ketones (excluding diaryl/α,β-unsaturated/α-hetero) is 1. The van der Waals surface area contributed by atoms with E-state index >= 15 is 0 Å². The topological polar surface area (TPSA) is 46.2 Å². The zero-order valence-corrected chi connectivity index (χ0v) is 15.1. The first-order valence-corrected chi connectivity index (χ1v) is 8.86. The van der Waals surface area contributed by atoms with Crippen molar-refractivity contribution in [2.45, 2.75) is 44.8 Å². The molecule has 1 atom stereocenters. The summed E-state index contributed by atoms with van der Waals surface area (Å²) < 4.78 is 38.8. The molecular formula is C21H22F3NO2. The van der Waals surface area contributed by atoms with E-state index in [1.165, 1.54) is 6.07 Å². The largest absolute Gasteiger partial charge is 0.416 e. The van der Waals surface area contributed by atoms with E-state index in [0.29, 0.717) is 24.0 Å². The number of benzene rings is 2. The molecule has 0 saturated carbocycles. The SMILES string of the molecule is CCC[C@@H](NC(=O)CCC(=O)c1ccccc1)c1cccc(C(F)(F)F)c1. The van der Waals surface area contributed by atoms with E-state index in [0.717, 1.165) is 12.1 Å². The second-order valence-corrected chi connectivity index (χ2v) is 6.32. The molecule has 2 rings (SSSR count). The molecule has 0 aromatic heterocycles. The smallest absolute Gasteiger partial charge is 0.349 e. The molecule has 2 aromatic carbocycles. The van der Waals surface area contributed by atoms with E-state index in [-0.39, 0.29) is 24.5 Å². The molecule has 0 radical (unpaired) electrons. The predicted octanol–water partition coefficient (Wildman–Crippen LogP) is 5.33. The van der Waals surface area contributed by atoms with Crippen molar-refractivity contribution < 1.29 is 22.8 Å². The molecule has 0 aliphatic rings. The normalized spacial score (nSPS) is 12.4. The van der Waals surface area contributed by atoms with Crippen molar-refractivity contribution in [2.24, 2.45) is 0 Å². The molecule has 2 aromatic rings. The number of halogens is 3. The highest BCUT2D eigenvalue weighted by atomic mass is 19.4. The van der Waals surface area contributed by atoms with Gasteiger partial charge in [-0.2, -0.15) is 13.2 Å². The van der Waals surface area contributed by atoms with Crippen molar-refractivity contribution in [3.8, 4) is 0 Å². The van der Waals surface area contributed by atoms with Gasteiger partial charge in [-0.3, -0.25) is 9.59 Å². The average Bonchev–Trinajstić information content (AvgIpc) is 2.66. The molecule has 27 heavy (non-hydrogen) atoms. The van der Waals surface area contributed by atoms with Crippen molar-refractivity contribution in [1.29, 1.82) is 0 Å². The summed E-state index contributed by atoms with van der Waals surface area (Å²) in [5.74, 6) is -0.494. The molecule has 0 heterocycles. The second-order valence-electron chi connectivity index (χ2n) is 6.32. The fourth-order valence-electron chi connectivity index (χ4n) is 2.80. The van der Waals surface area contributed by atoms with Gasteiger partial charge in [0.25, 0.3) is 0 Å². The Morgan fingerprint density at radius 1 is 1.00 bits per heavy atom. The third-order valence-electron chi connectivity index (χ3n) is 4.20. The highest BCUT2D eigenvalue weighted by Gasteiger charge is 2.31. The molecule has 0 bridgehead atoms. The fourth-order valence-corrected chi connectivity index (χ4v) is 2.80. The van der Waals surface area contributed by atoms with Crippen LogP contribution in [-0.4, -0.2) is 11.7 Å². The van der Waals surface area contributed by atoms with Crippen LogP contribution < -0.4 is 5.32 Å². The van der Waals surface area contributed by atoms with E-state index < -0.39 is 17.8 Å². The number of alkyl halides is 3. The Kier molecular flexibility index (Phi) is 7.16. The first-order valence-electron chi connectivity index (χ1n) is 8.86. The van der Waals surface area contributed by atoms with Gasteiger partial charge in [0.15, 0.2) is 5.78 Å². The number of amides is 1. The van der Waals surface area contributed by atoms with Crippen LogP contribution >= 0.6 is 0 Å². The molecule has 0 saturated heterocycles.